The van der Waals surface area contributed by atoms with Gasteiger partial charge in [0.15, 0.2) is 5.82 Å². The molecule has 0 bridgehead atoms. The summed E-state index contributed by atoms with van der Waals surface area (Å²) < 4.78 is 2.15. The van der Waals surface area contributed by atoms with Crippen LogP contribution in [0.1, 0.15) is 85.7 Å². The lowest BCUT2D eigenvalue weighted by Gasteiger charge is -2.45. The molecule has 2 fully saturated rings. The largest absolute Gasteiger partial charge is 0.322 e. The van der Waals surface area contributed by atoms with Crippen LogP contribution >= 0.6 is 11.3 Å². The van der Waals surface area contributed by atoms with Crippen LogP contribution < -0.4 is 5.56 Å². The van der Waals surface area contributed by atoms with Crippen molar-refractivity contribution in [3.63, 3.8) is 0 Å². The maximum atomic E-state index is 13.3. The summed E-state index contributed by atoms with van der Waals surface area (Å²) in [7, 11) is 0. The molecule has 1 aromatic carbocycles. The summed E-state index contributed by atoms with van der Waals surface area (Å²) in [5, 5.41) is 16.7. The van der Waals surface area contributed by atoms with Crippen LogP contribution in [0, 0.1) is 6.92 Å². The van der Waals surface area contributed by atoms with Crippen LogP contribution in [0.2, 0.25) is 0 Å². The minimum absolute atomic E-state index is 0.0103. The number of hydrogen-bond acceptors (Lipinski definition) is 6. The molecule has 2 aliphatic rings. The van der Waals surface area contributed by atoms with Gasteiger partial charge in [0.1, 0.15) is 0 Å². The van der Waals surface area contributed by atoms with Crippen LogP contribution in [0.15, 0.2) is 46.6 Å². The van der Waals surface area contributed by atoms with Gasteiger partial charge in [-0.05, 0) is 78.1 Å². The minimum atomic E-state index is -0.289. The number of pyridine rings is 1. The zero-order valence-corrected chi connectivity index (χ0v) is 21.8. The SMILES string of the molecule is Cc1ccc2[nH]c(=O)c(CN(Cc3cccs3)C3(c4nnnn4C4CCCC4)CCCCC3)cc2c1. The number of H-pyrrole nitrogens is 1. The Hall–Kier alpha value is -2.84. The molecule has 188 valence electrons. The van der Waals surface area contributed by atoms with E-state index in [0.29, 0.717) is 12.6 Å². The maximum absolute atomic E-state index is 13.3. The van der Waals surface area contributed by atoms with Gasteiger partial charge in [-0.15, -0.1) is 16.4 Å². The van der Waals surface area contributed by atoms with Crippen molar-refractivity contribution in [2.45, 2.75) is 89.4 Å². The fourth-order valence-corrected chi connectivity index (χ4v) is 7.08. The van der Waals surface area contributed by atoms with Gasteiger partial charge in [0, 0.05) is 29.0 Å². The molecule has 1 N–H and O–H groups in total. The number of nitrogens with one attached hydrogen (secondary N) is 1. The van der Waals surface area contributed by atoms with Gasteiger partial charge >= 0.3 is 0 Å². The zero-order chi connectivity index (χ0) is 24.5. The molecule has 0 radical (unpaired) electrons. The second-order valence-corrected chi connectivity index (χ2v) is 11.7. The van der Waals surface area contributed by atoms with Gasteiger partial charge in [0.25, 0.3) is 5.56 Å². The van der Waals surface area contributed by atoms with Crippen LogP contribution in [0.4, 0.5) is 0 Å². The van der Waals surface area contributed by atoms with Crippen molar-refractivity contribution in [3.05, 3.63) is 74.0 Å². The van der Waals surface area contributed by atoms with Gasteiger partial charge in [-0.1, -0.05) is 49.8 Å². The number of thiophene rings is 1. The molecular formula is C28H34N6OS. The fraction of sp³-hybridized carbons (Fsp3) is 0.500. The molecule has 3 aromatic heterocycles. The minimum Gasteiger partial charge on any atom is -0.322 e. The van der Waals surface area contributed by atoms with Crippen LogP contribution in [-0.2, 0) is 18.6 Å². The lowest BCUT2D eigenvalue weighted by molar-refractivity contribution is 0.0191. The smallest absolute Gasteiger partial charge is 0.252 e. The molecular weight excluding hydrogens is 468 g/mol. The Kier molecular flexibility index (Phi) is 6.48. The highest BCUT2D eigenvalue weighted by Gasteiger charge is 2.45. The molecule has 0 aliphatic heterocycles. The van der Waals surface area contributed by atoms with Gasteiger partial charge in [0.2, 0.25) is 0 Å². The number of nitrogens with zero attached hydrogens (tertiary/aromatic N) is 5. The predicted octanol–water partition coefficient (Wildman–Crippen LogP) is 5.86. The quantitative estimate of drug-likeness (QED) is 0.342. The van der Waals surface area contributed by atoms with E-state index in [-0.39, 0.29) is 11.1 Å². The van der Waals surface area contributed by atoms with Crippen LogP contribution in [0.25, 0.3) is 10.9 Å². The third-order valence-electron chi connectivity index (χ3n) is 8.23. The molecule has 6 rings (SSSR count). The third-order valence-corrected chi connectivity index (χ3v) is 9.09. The number of aromatic amines is 1. The summed E-state index contributed by atoms with van der Waals surface area (Å²) in [6, 6.07) is 13.0. The average molecular weight is 503 g/mol. The van der Waals surface area contributed by atoms with E-state index in [4.69, 9.17) is 5.10 Å². The molecule has 2 aliphatic carbocycles. The standard InChI is InChI=1S/C28H34N6OS/c1-20-11-12-25-21(16-20)17-22(26(35)29-25)18-33(19-24-10-7-15-36-24)28(13-5-2-6-14-28)27-30-31-32-34(27)23-8-3-4-9-23/h7,10-12,15-17,23H,2-6,8-9,13-14,18-19H2,1H3,(H,29,35). The number of hydrogen-bond donors (Lipinski definition) is 1. The molecule has 2 saturated carbocycles. The van der Waals surface area contributed by atoms with Gasteiger partial charge in [0.05, 0.1) is 11.6 Å². The number of rotatable bonds is 7. The summed E-state index contributed by atoms with van der Waals surface area (Å²) in [5.41, 5.74) is 2.58. The first-order valence-electron chi connectivity index (χ1n) is 13.3. The van der Waals surface area contributed by atoms with Gasteiger partial charge in [-0.25, -0.2) is 4.68 Å². The van der Waals surface area contributed by atoms with Crippen molar-refractivity contribution in [2.75, 3.05) is 0 Å². The number of benzene rings is 1. The summed E-state index contributed by atoms with van der Waals surface area (Å²) in [6.07, 6.45) is 10.3. The molecule has 0 atom stereocenters. The Labute approximate surface area is 215 Å². The van der Waals surface area contributed by atoms with E-state index in [1.165, 1.54) is 29.7 Å². The molecule has 4 aromatic rings. The number of fused-ring (bicyclic) bond motifs is 1. The summed E-state index contributed by atoms with van der Waals surface area (Å²) in [5.74, 6) is 0.999. The monoisotopic (exact) mass is 502 g/mol. The van der Waals surface area contributed by atoms with Crippen molar-refractivity contribution in [1.82, 2.24) is 30.1 Å². The van der Waals surface area contributed by atoms with E-state index < -0.39 is 0 Å². The number of tetrazole rings is 1. The van der Waals surface area contributed by atoms with Gasteiger partial charge in [-0.3, -0.25) is 9.69 Å². The van der Waals surface area contributed by atoms with Crippen molar-refractivity contribution >= 4 is 22.2 Å². The molecule has 36 heavy (non-hydrogen) atoms. The number of aromatic nitrogens is 5. The van der Waals surface area contributed by atoms with Crippen molar-refractivity contribution in [2.24, 2.45) is 0 Å². The van der Waals surface area contributed by atoms with E-state index in [1.54, 1.807) is 11.3 Å². The normalized spacial score (nSPS) is 18.4. The fourth-order valence-electron chi connectivity index (χ4n) is 6.36. The van der Waals surface area contributed by atoms with Crippen LogP contribution in [0.3, 0.4) is 0 Å². The van der Waals surface area contributed by atoms with Crippen molar-refractivity contribution < 1.29 is 0 Å². The second-order valence-electron chi connectivity index (χ2n) is 10.6. The lowest BCUT2D eigenvalue weighted by atomic mass is 9.78. The Balaban J connectivity index is 1.45. The predicted molar refractivity (Wildman–Crippen MR) is 143 cm³/mol. The van der Waals surface area contributed by atoms with E-state index >= 15 is 0 Å². The Morgan fingerprint density at radius 3 is 2.69 bits per heavy atom. The third kappa shape index (κ3) is 4.41. The van der Waals surface area contributed by atoms with E-state index in [0.717, 1.165) is 67.4 Å². The van der Waals surface area contributed by atoms with E-state index in [9.17, 15) is 4.79 Å². The highest BCUT2D eigenvalue weighted by atomic mass is 32.1. The van der Waals surface area contributed by atoms with Gasteiger partial charge in [-0.2, -0.15) is 0 Å². The Morgan fingerprint density at radius 1 is 1.08 bits per heavy atom. The first-order chi connectivity index (χ1) is 17.6. The van der Waals surface area contributed by atoms with E-state index in [1.807, 2.05) is 12.1 Å². The summed E-state index contributed by atoms with van der Waals surface area (Å²) in [6.45, 7) is 3.43. The molecule has 0 spiro atoms. The number of aryl methyl sites for hydroxylation is 1. The molecule has 0 amide bonds. The van der Waals surface area contributed by atoms with Crippen molar-refractivity contribution in [1.29, 1.82) is 0 Å². The topological polar surface area (TPSA) is 79.7 Å². The molecule has 0 saturated heterocycles. The molecule has 0 unspecified atom stereocenters. The molecule has 3 heterocycles. The zero-order valence-electron chi connectivity index (χ0n) is 20.9. The highest BCUT2D eigenvalue weighted by Crippen LogP contribution is 2.44. The van der Waals surface area contributed by atoms with E-state index in [2.05, 4.69) is 61.6 Å². The maximum Gasteiger partial charge on any atom is 0.252 e. The van der Waals surface area contributed by atoms with Crippen molar-refractivity contribution in [3.8, 4) is 0 Å². The second kappa shape index (κ2) is 9.90. The average Bonchev–Trinajstić information content (AvgIpc) is 3.67. The Morgan fingerprint density at radius 2 is 1.92 bits per heavy atom. The molecule has 7 nitrogen and oxygen atoms in total. The Bertz CT molecular complexity index is 1380. The van der Waals surface area contributed by atoms with Gasteiger partial charge < -0.3 is 4.98 Å². The first-order valence-corrected chi connectivity index (χ1v) is 14.2. The van der Waals surface area contributed by atoms with Crippen LogP contribution in [-0.4, -0.2) is 30.1 Å². The lowest BCUT2D eigenvalue weighted by Crippen LogP contribution is -2.49. The molecule has 8 heteroatoms. The summed E-state index contributed by atoms with van der Waals surface area (Å²) >= 11 is 1.77. The first kappa shape index (κ1) is 23.6. The summed E-state index contributed by atoms with van der Waals surface area (Å²) in [4.78, 5) is 20.2. The van der Waals surface area contributed by atoms with Crippen LogP contribution in [0.5, 0.6) is 0 Å². The highest BCUT2D eigenvalue weighted by molar-refractivity contribution is 7.09.